The van der Waals surface area contributed by atoms with Gasteiger partial charge in [0, 0.05) is 18.5 Å². The Balaban J connectivity index is 1.57. The van der Waals surface area contributed by atoms with Crippen molar-refractivity contribution in [3.63, 3.8) is 0 Å². The molecule has 2 aromatic heterocycles. The molecule has 1 aliphatic carbocycles. The van der Waals surface area contributed by atoms with Crippen LogP contribution < -0.4 is 5.32 Å². The summed E-state index contributed by atoms with van der Waals surface area (Å²) < 4.78 is 0. The Morgan fingerprint density at radius 3 is 2.84 bits per heavy atom. The van der Waals surface area contributed by atoms with Crippen molar-refractivity contribution in [1.29, 1.82) is 0 Å². The number of nitrogens with zero attached hydrogens (tertiary/aromatic N) is 2. The number of likely N-dealkylation sites (N-methyl/N-ethyl adjacent to an activating group) is 1. The minimum absolute atomic E-state index is 0.0974. The molecule has 0 bridgehead atoms. The van der Waals surface area contributed by atoms with E-state index in [4.69, 9.17) is 0 Å². The predicted octanol–water partition coefficient (Wildman–Crippen LogP) is 4.04. The topological polar surface area (TPSA) is 62.3 Å². The third-order valence-electron chi connectivity index (χ3n) is 4.81. The molecule has 2 heterocycles. The summed E-state index contributed by atoms with van der Waals surface area (Å²) in [4.78, 5) is 31.6. The largest absolute Gasteiger partial charge is 0.342 e. The zero-order valence-electron chi connectivity index (χ0n) is 14.5. The lowest BCUT2D eigenvalue weighted by Crippen LogP contribution is -2.43. The van der Waals surface area contributed by atoms with Gasteiger partial charge in [0.15, 0.2) is 5.13 Å². The van der Waals surface area contributed by atoms with Crippen LogP contribution in [0.4, 0.5) is 5.13 Å². The van der Waals surface area contributed by atoms with Crippen LogP contribution in [-0.4, -0.2) is 34.8 Å². The third-order valence-corrected chi connectivity index (χ3v) is 6.48. The van der Waals surface area contributed by atoms with Crippen LogP contribution in [0.25, 0.3) is 0 Å². The number of aromatic nitrogens is 1. The summed E-state index contributed by atoms with van der Waals surface area (Å²) in [5.41, 5.74) is 0.715. The number of nitrogens with one attached hydrogen (secondary N) is 1. The van der Waals surface area contributed by atoms with Crippen molar-refractivity contribution in [3.05, 3.63) is 33.5 Å². The second kappa shape index (κ2) is 8.10. The normalized spacial score (nSPS) is 20.2. The van der Waals surface area contributed by atoms with Gasteiger partial charge in [-0.05, 0) is 30.2 Å². The van der Waals surface area contributed by atoms with Gasteiger partial charge in [-0.1, -0.05) is 25.8 Å². The molecule has 1 N–H and O–H groups in total. The summed E-state index contributed by atoms with van der Waals surface area (Å²) in [5.74, 6) is 0.495. The monoisotopic (exact) mass is 377 g/mol. The molecule has 0 radical (unpaired) electrons. The van der Waals surface area contributed by atoms with Gasteiger partial charge in [0.25, 0.3) is 5.91 Å². The summed E-state index contributed by atoms with van der Waals surface area (Å²) in [6.07, 6.45) is 5.02. The Morgan fingerprint density at radius 2 is 2.12 bits per heavy atom. The van der Waals surface area contributed by atoms with Gasteiger partial charge in [-0.3, -0.25) is 14.9 Å². The van der Waals surface area contributed by atoms with Crippen LogP contribution in [0.15, 0.2) is 22.9 Å². The van der Waals surface area contributed by atoms with Gasteiger partial charge in [-0.15, -0.1) is 22.7 Å². The molecule has 1 fully saturated rings. The fraction of sp³-hybridized carbons (Fsp3) is 0.500. The van der Waals surface area contributed by atoms with Crippen LogP contribution in [0.2, 0.25) is 0 Å². The van der Waals surface area contributed by atoms with Crippen molar-refractivity contribution in [2.75, 3.05) is 12.4 Å². The van der Waals surface area contributed by atoms with Gasteiger partial charge in [-0.2, -0.15) is 0 Å². The minimum Gasteiger partial charge on any atom is -0.342 e. The average molecular weight is 378 g/mol. The van der Waals surface area contributed by atoms with Crippen LogP contribution in [0.5, 0.6) is 0 Å². The molecular weight excluding hydrogens is 354 g/mol. The van der Waals surface area contributed by atoms with Gasteiger partial charge < -0.3 is 4.90 Å². The maximum atomic E-state index is 12.6. The third kappa shape index (κ3) is 4.46. The molecule has 134 valence electrons. The molecule has 5 nitrogen and oxygen atoms in total. The smallest absolute Gasteiger partial charge is 0.267 e. The highest BCUT2D eigenvalue weighted by molar-refractivity contribution is 7.14. The standard InChI is InChI=1S/C18H23N3O2S2/c1-12-6-3-4-7-14(12)21(2)16(22)10-13-11-25-18(19-13)20-17(23)15-8-5-9-24-15/h5,8-9,11-12,14H,3-4,6-7,10H2,1-2H3,(H,19,20,23). The summed E-state index contributed by atoms with van der Waals surface area (Å²) in [6.45, 7) is 2.23. The number of hydrogen-bond acceptors (Lipinski definition) is 5. The summed E-state index contributed by atoms with van der Waals surface area (Å²) in [6, 6.07) is 3.95. The quantitative estimate of drug-likeness (QED) is 0.855. The lowest BCUT2D eigenvalue weighted by Gasteiger charge is -2.36. The van der Waals surface area contributed by atoms with E-state index in [1.165, 1.54) is 41.9 Å². The fourth-order valence-electron chi connectivity index (χ4n) is 3.35. The first-order valence-electron chi connectivity index (χ1n) is 8.59. The Labute approximate surface area is 156 Å². The van der Waals surface area contributed by atoms with Gasteiger partial charge in [0.2, 0.25) is 5.91 Å². The van der Waals surface area contributed by atoms with E-state index in [1.807, 2.05) is 28.8 Å². The number of carbonyl (C=O) groups excluding carboxylic acids is 2. The summed E-state index contributed by atoms with van der Waals surface area (Å²) in [5, 5.41) is 7.04. The maximum Gasteiger partial charge on any atom is 0.267 e. The molecule has 2 atom stereocenters. The Hall–Kier alpha value is -1.73. The number of thiophene rings is 1. The SMILES string of the molecule is CC1CCCCC1N(C)C(=O)Cc1csc(NC(=O)c2cccs2)n1. The number of hydrogen-bond donors (Lipinski definition) is 1. The van der Waals surface area contributed by atoms with Crippen molar-refractivity contribution in [1.82, 2.24) is 9.88 Å². The molecule has 1 saturated carbocycles. The van der Waals surface area contributed by atoms with Crippen molar-refractivity contribution >= 4 is 39.6 Å². The van der Waals surface area contributed by atoms with Crippen LogP contribution in [0.1, 0.15) is 48.0 Å². The van der Waals surface area contributed by atoms with Crippen LogP contribution in [0.3, 0.4) is 0 Å². The van der Waals surface area contributed by atoms with E-state index in [-0.39, 0.29) is 18.2 Å². The molecule has 2 unspecified atom stereocenters. The molecule has 0 spiro atoms. The van der Waals surface area contributed by atoms with E-state index in [0.29, 0.717) is 27.7 Å². The molecule has 0 aromatic carbocycles. The number of rotatable bonds is 5. The molecule has 1 aliphatic rings. The number of anilines is 1. The van der Waals surface area contributed by atoms with E-state index in [2.05, 4.69) is 17.2 Å². The highest BCUT2D eigenvalue weighted by Crippen LogP contribution is 2.28. The summed E-state index contributed by atoms with van der Waals surface area (Å²) >= 11 is 2.75. The Kier molecular flexibility index (Phi) is 5.86. The van der Waals surface area contributed by atoms with E-state index in [0.717, 1.165) is 6.42 Å². The maximum absolute atomic E-state index is 12.6. The Bertz CT molecular complexity index is 727. The van der Waals surface area contributed by atoms with E-state index in [9.17, 15) is 9.59 Å². The number of amides is 2. The first-order chi connectivity index (χ1) is 12.0. The second-order valence-corrected chi connectivity index (χ2v) is 8.39. The molecule has 0 saturated heterocycles. The highest BCUT2D eigenvalue weighted by atomic mass is 32.1. The molecule has 25 heavy (non-hydrogen) atoms. The van der Waals surface area contributed by atoms with Crippen LogP contribution in [0, 0.1) is 5.92 Å². The van der Waals surface area contributed by atoms with E-state index >= 15 is 0 Å². The molecule has 7 heteroatoms. The van der Waals surface area contributed by atoms with Gasteiger partial charge in [0.1, 0.15) is 0 Å². The summed E-state index contributed by atoms with van der Waals surface area (Å²) in [7, 11) is 1.90. The lowest BCUT2D eigenvalue weighted by molar-refractivity contribution is -0.132. The zero-order valence-corrected chi connectivity index (χ0v) is 16.2. The predicted molar refractivity (Wildman–Crippen MR) is 102 cm³/mol. The van der Waals surface area contributed by atoms with Gasteiger partial charge in [0.05, 0.1) is 17.0 Å². The van der Waals surface area contributed by atoms with Crippen molar-refractivity contribution in [3.8, 4) is 0 Å². The van der Waals surface area contributed by atoms with Crippen molar-refractivity contribution in [2.45, 2.75) is 45.1 Å². The minimum atomic E-state index is -0.157. The van der Waals surface area contributed by atoms with Crippen molar-refractivity contribution in [2.24, 2.45) is 5.92 Å². The van der Waals surface area contributed by atoms with E-state index < -0.39 is 0 Å². The van der Waals surface area contributed by atoms with Crippen LogP contribution in [-0.2, 0) is 11.2 Å². The molecule has 2 aromatic rings. The fourth-order valence-corrected chi connectivity index (χ4v) is 4.67. The van der Waals surface area contributed by atoms with E-state index in [1.54, 1.807) is 6.07 Å². The van der Waals surface area contributed by atoms with Crippen molar-refractivity contribution < 1.29 is 9.59 Å². The lowest BCUT2D eigenvalue weighted by atomic mass is 9.85. The van der Waals surface area contributed by atoms with Gasteiger partial charge in [-0.25, -0.2) is 4.98 Å². The molecular formula is C18H23N3O2S2. The Morgan fingerprint density at radius 1 is 1.32 bits per heavy atom. The molecule has 3 rings (SSSR count). The zero-order chi connectivity index (χ0) is 17.8. The first-order valence-corrected chi connectivity index (χ1v) is 10.4. The number of thiazole rings is 1. The number of carbonyl (C=O) groups is 2. The second-order valence-electron chi connectivity index (χ2n) is 6.59. The molecule has 2 amide bonds. The average Bonchev–Trinajstić information content (AvgIpc) is 3.26. The molecule has 0 aliphatic heterocycles. The highest BCUT2D eigenvalue weighted by Gasteiger charge is 2.28. The van der Waals surface area contributed by atoms with Gasteiger partial charge >= 0.3 is 0 Å². The first kappa shape index (κ1) is 18.1. The van der Waals surface area contributed by atoms with Crippen LogP contribution >= 0.6 is 22.7 Å².